The molecule has 3 heterocycles. The van der Waals surface area contributed by atoms with Crippen molar-refractivity contribution in [1.29, 1.82) is 0 Å². The summed E-state index contributed by atoms with van der Waals surface area (Å²) in [7, 11) is 0. The normalized spacial score (nSPS) is 19.1. The zero-order valence-electron chi connectivity index (χ0n) is 24.1. The first-order valence-electron chi connectivity index (χ1n) is 14.7. The third-order valence-electron chi connectivity index (χ3n) is 8.17. The van der Waals surface area contributed by atoms with Crippen LogP contribution >= 0.6 is 0 Å². The molecule has 1 aromatic heterocycles. The molecule has 43 heavy (non-hydrogen) atoms. The number of aromatic nitrogens is 2. The molecule has 9 nitrogen and oxygen atoms in total. The van der Waals surface area contributed by atoms with Crippen LogP contribution in [0.1, 0.15) is 31.0 Å². The van der Waals surface area contributed by atoms with Crippen LogP contribution in [0.2, 0.25) is 0 Å². The van der Waals surface area contributed by atoms with Gasteiger partial charge in [-0.1, -0.05) is 30.8 Å². The van der Waals surface area contributed by atoms with E-state index in [4.69, 9.17) is 26.0 Å². The Labute approximate surface area is 249 Å². The van der Waals surface area contributed by atoms with E-state index in [1.54, 1.807) is 6.07 Å². The minimum absolute atomic E-state index is 0.0299. The number of benzene rings is 2. The maximum Gasteiger partial charge on any atom is 0.319 e. The summed E-state index contributed by atoms with van der Waals surface area (Å²) in [6.45, 7) is 14.9. The molecule has 0 bridgehead atoms. The van der Waals surface area contributed by atoms with Crippen LogP contribution in [0.15, 0.2) is 48.8 Å². The number of fused-ring (bicyclic) bond motifs is 2. The average molecular weight is 589 g/mol. The van der Waals surface area contributed by atoms with E-state index in [0.29, 0.717) is 56.5 Å². The first kappa shape index (κ1) is 28.8. The molecule has 0 unspecified atom stereocenters. The van der Waals surface area contributed by atoms with E-state index in [9.17, 15) is 9.18 Å². The van der Waals surface area contributed by atoms with E-state index in [2.05, 4.69) is 16.3 Å². The summed E-state index contributed by atoms with van der Waals surface area (Å²) in [5.41, 5.74) is 2.51. The van der Waals surface area contributed by atoms with Crippen molar-refractivity contribution in [2.24, 2.45) is 0 Å². The molecule has 1 amide bonds. The maximum atomic E-state index is 15.0. The number of piperazine rings is 1. The van der Waals surface area contributed by atoms with Gasteiger partial charge < -0.3 is 29.0 Å². The summed E-state index contributed by atoms with van der Waals surface area (Å²) >= 11 is 0. The van der Waals surface area contributed by atoms with Gasteiger partial charge in [0.2, 0.25) is 6.54 Å². The van der Waals surface area contributed by atoms with Crippen LogP contribution in [0.5, 0.6) is 6.01 Å². The third kappa shape index (κ3) is 6.11. The number of halogens is 2. The van der Waals surface area contributed by atoms with E-state index < -0.39 is 17.8 Å². The predicted molar refractivity (Wildman–Crippen MR) is 159 cm³/mol. The van der Waals surface area contributed by atoms with E-state index >= 15 is 4.39 Å². The maximum absolute atomic E-state index is 15.0. The SMILES string of the molecule is [C-]#[N+]C[C@H]1CN(c2nc(O[C@@H](C)COC3CC3)nc3c2CCN(c2cccc4cccc(F)c24)C3)CCN1C(=O)C(=C)F. The molecule has 0 radical (unpaired) electrons. The molecule has 3 aliphatic rings. The van der Waals surface area contributed by atoms with Crippen LogP contribution in [-0.4, -0.2) is 78.4 Å². The van der Waals surface area contributed by atoms with Crippen LogP contribution in [0.4, 0.5) is 20.3 Å². The van der Waals surface area contributed by atoms with E-state index in [0.717, 1.165) is 35.2 Å². The molecular weight excluding hydrogens is 554 g/mol. The second-order valence-corrected chi connectivity index (χ2v) is 11.3. The van der Waals surface area contributed by atoms with Crippen LogP contribution in [0.25, 0.3) is 15.6 Å². The molecule has 0 N–H and O–H groups in total. The number of rotatable bonds is 9. The van der Waals surface area contributed by atoms with Crippen LogP contribution in [0.3, 0.4) is 0 Å². The largest absolute Gasteiger partial charge is 0.458 e. The highest BCUT2D eigenvalue weighted by Crippen LogP contribution is 2.36. The lowest BCUT2D eigenvalue weighted by Crippen LogP contribution is -2.57. The summed E-state index contributed by atoms with van der Waals surface area (Å²) in [6, 6.07) is 10.5. The lowest BCUT2D eigenvalue weighted by Gasteiger charge is -2.41. The number of hydrogen-bond acceptors (Lipinski definition) is 7. The number of amides is 1. The molecule has 11 heteroatoms. The third-order valence-corrected chi connectivity index (χ3v) is 8.17. The molecule has 0 spiro atoms. The molecule has 2 fully saturated rings. The quantitative estimate of drug-likeness (QED) is 0.265. The highest BCUT2D eigenvalue weighted by atomic mass is 19.1. The molecule has 1 saturated carbocycles. The van der Waals surface area contributed by atoms with Gasteiger partial charge in [-0.2, -0.15) is 9.97 Å². The van der Waals surface area contributed by atoms with Crippen LogP contribution in [-0.2, 0) is 22.5 Å². The molecular formula is C32H34F2N6O3. The summed E-state index contributed by atoms with van der Waals surface area (Å²) in [4.78, 5) is 31.2. The van der Waals surface area contributed by atoms with Gasteiger partial charge in [-0.3, -0.25) is 4.79 Å². The Balaban J connectivity index is 1.33. The van der Waals surface area contributed by atoms with Crippen LogP contribution in [0, 0.1) is 12.4 Å². The number of ether oxygens (including phenoxy) is 2. The van der Waals surface area contributed by atoms with Crippen molar-refractivity contribution in [3.8, 4) is 6.01 Å². The van der Waals surface area contributed by atoms with E-state index in [1.165, 1.54) is 11.0 Å². The van der Waals surface area contributed by atoms with Crippen molar-refractivity contribution in [2.45, 2.75) is 51.0 Å². The summed E-state index contributed by atoms with van der Waals surface area (Å²) in [5.74, 6) is -1.42. The summed E-state index contributed by atoms with van der Waals surface area (Å²) in [6.07, 6.45) is 2.74. The van der Waals surface area contributed by atoms with Gasteiger partial charge in [0.25, 0.3) is 5.91 Å². The van der Waals surface area contributed by atoms with Crippen LogP contribution < -0.4 is 14.5 Å². The molecule has 2 aliphatic heterocycles. The van der Waals surface area contributed by atoms with Crippen molar-refractivity contribution in [3.63, 3.8) is 0 Å². The van der Waals surface area contributed by atoms with Gasteiger partial charge in [0, 0.05) is 42.8 Å². The number of carbonyl (C=O) groups is 1. The Morgan fingerprint density at radius 1 is 1.16 bits per heavy atom. The van der Waals surface area contributed by atoms with E-state index in [-0.39, 0.29) is 31.0 Å². The van der Waals surface area contributed by atoms with E-state index in [1.807, 2.05) is 36.1 Å². The fourth-order valence-corrected chi connectivity index (χ4v) is 5.90. The highest BCUT2D eigenvalue weighted by Gasteiger charge is 2.36. The minimum atomic E-state index is -1.04. The van der Waals surface area contributed by atoms with Crippen molar-refractivity contribution in [1.82, 2.24) is 14.9 Å². The molecule has 6 rings (SSSR count). The Morgan fingerprint density at radius 2 is 1.95 bits per heavy atom. The fourth-order valence-electron chi connectivity index (χ4n) is 5.90. The Bertz CT molecular complexity index is 1580. The van der Waals surface area contributed by atoms with Gasteiger partial charge in [0.15, 0.2) is 5.83 Å². The fraction of sp³-hybridized carbons (Fsp3) is 0.438. The number of anilines is 2. The van der Waals surface area contributed by atoms with Gasteiger partial charge in [-0.25, -0.2) is 15.4 Å². The average Bonchev–Trinajstić information content (AvgIpc) is 3.84. The van der Waals surface area contributed by atoms with Gasteiger partial charge in [-0.05, 0) is 43.7 Å². The smallest absolute Gasteiger partial charge is 0.319 e. The predicted octanol–water partition coefficient (Wildman–Crippen LogP) is 4.70. The molecule has 224 valence electrons. The van der Waals surface area contributed by atoms with Gasteiger partial charge in [0.05, 0.1) is 24.9 Å². The lowest BCUT2D eigenvalue weighted by molar-refractivity contribution is -0.131. The van der Waals surface area contributed by atoms with Crippen molar-refractivity contribution in [3.05, 3.63) is 77.3 Å². The Kier molecular flexibility index (Phi) is 8.13. The first-order valence-corrected chi connectivity index (χ1v) is 14.7. The molecule has 3 aromatic rings. The van der Waals surface area contributed by atoms with Crippen molar-refractivity contribution in [2.75, 3.05) is 49.1 Å². The zero-order valence-corrected chi connectivity index (χ0v) is 24.1. The summed E-state index contributed by atoms with van der Waals surface area (Å²) < 4.78 is 40.8. The monoisotopic (exact) mass is 588 g/mol. The van der Waals surface area contributed by atoms with Gasteiger partial charge >= 0.3 is 6.01 Å². The highest BCUT2D eigenvalue weighted by molar-refractivity contribution is 5.95. The number of nitrogens with zero attached hydrogens (tertiary/aromatic N) is 6. The summed E-state index contributed by atoms with van der Waals surface area (Å²) in [5, 5.41) is 1.40. The van der Waals surface area contributed by atoms with Gasteiger partial charge in [-0.15, -0.1) is 0 Å². The topological polar surface area (TPSA) is 75.4 Å². The lowest BCUT2D eigenvalue weighted by atomic mass is 10.0. The molecule has 1 aliphatic carbocycles. The number of hydrogen-bond donors (Lipinski definition) is 0. The second kappa shape index (κ2) is 12.1. The molecule has 1 saturated heterocycles. The minimum Gasteiger partial charge on any atom is -0.458 e. The number of carbonyl (C=O) groups excluding carboxylic acids is 1. The zero-order chi connectivity index (χ0) is 30.1. The van der Waals surface area contributed by atoms with Crippen molar-refractivity contribution >= 4 is 28.2 Å². The second-order valence-electron chi connectivity index (χ2n) is 11.3. The Hall–Kier alpha value is -4.30. The Morgan fingerprint density at radius 3 is 2.70 bits per heavy atom. The molecule has 2 atom stereocenters. The van der Waals surface area contributed by atoms with Gasteiger partial charge in [0.1, 0.15) is 23.8 Å². The standard InChI is InChI=1S/C32H34F2N6O3/c1-20(19-42-24-10-11-24)43-32-36-27-18-38(28-9-5-7-22-6-4-8-26(34)29(22)28)13-12-25(27)30(37-32)39-14-15-40(31(41)21(2)33)23(17-39)16-35-3/h4-9,20,23-24H,2,10-19H2,1H3/t20-,23-/m0/s1. The van der Waals surface area contributed by atoms with Crippen molar-refractivity contribution < 1.29 is 23.0 Å². The molecule has 2 aromatic carbocycles. The first-order chi connectivity index (χ1) is 20.8.